The number of benzene rings is 3. The van der Waals surface area contributed by atoms with Gasteiger partial charge in [-0.05, 0) is 54.4 Å². The molecule has 3 aromatic carbocycles. The molecule has 2 aliphatic rings. The van der Waals surface area contributed by atoms with Crippen LogP contribution in [0, 0.1) is 0 Å². The molecule has 0 unspecified atom stereocenters. The molecule has 33 heavy (non-hydrogen) atoms. The highest BCUT2D eigenvalue weighted by molar-refractivity contribution is 6.21. The lowest BCUT2D eigenvalue weighted by atomic mass is 10.1. The van der Waals surface area contributed by atoms with Crippen molar-refractivity contribution in [1.29, 1.82) is 0 Å². The van der Waals surface area contributed by atoms with Crippen LogP contribution in [0.5, 0.6) is 11.5 Å². The van der Waals surface area contributed by atoms with Gasteiger partial charge in [0.05, 0.1) is 23.7 Å². The number of nitrogens with one attached hydrogen (secondary N) is 1. The van der Waals surface area contributed by atoms with Gasteiger partial charge in [-0.1, -0.05) is 30.3 Å². The summed E-state index contributed by atoms with van der Waals surface area (Å²) in [5, 5.41) is 2.99. The summed E-state index contributed by atoms with van der Waals surface area (Å²) in [6.45, 7) is 3.02. The van der Waals surface area contributed by atoms with Gasteiger partial charge < -0.3 is 14.8 Å². The summed E-state index contributed by atoms with van der Waals surface area (Å²) in [4.78, 5) is 39.4. The van der Waals surface area contributed by atoms with Crippen LogP contribution in [-0.4, -0.2) is 35.8 Å². The van der Waals surface area contributed by atoms with E-state index in [2.05, 4.69) is 5.32 Å². The minimum absolute atomic E-state index is 0.102. The van der Waals surface area contributed by atoms with Crippen molar-refractivity contribution >= 4 is 17.7 Å². The first-order valence-corrected chi connectivity index (χ1v) is 10.8. The van der Waals surface area contributed by atoms with Crippen molar-refractivity contribution in [3.05, 3.63) is 94.5 Å². The summed E-state index contributed by atoms with van der Waals surface area (Å²) in [5.74, 6) is 0.476. The number of hydrogen-bond acceptors (Lipinski definition) is 5. The standard InChI is InChI=1S/C26H22N2O5/c1-16(18-9-10-22-23(14-18)33-12-11-32-22)27-24(29)19-6-4-5-17(13-19)15-28-25(30)20-7-2-3-8-21(20)26(28)31/h2-10,13-14,16H,11-12,15H2,1H3,(H,27,29)/t16-/m1/s1. The monoisotopic (exact) mass is 442 g/mol. The zero-order valence-electron chi connectivity index (χ0n) is 18.0. The maximum Gasteiger partial charge on any atom is 0.261 e. The predicted octanol–water partition coefficient (Wildman–Crippen LogP) is 3.75. The Morgan fingerprint density at radius 1 is 0.909 bits per heavy atom. The Kier molecular flexibility index (Phi) is 5.30. The van der Waals surface area contributed by atoms with Crippen LogP contribution in [0.3, 0.4) is 0 Å². The van der Waals surface area contributed by atoms with E-state index in [0.29, 0.717) is 47.0 Å². The summed E-state index contributed by atoms with van der Waals surface area (Å²) < 4.78 is 11.2. The van der Waals surface area contributed by atoms with Crippen LogP contribution < -0.4 is 14.8 Å². The first-order valence-electron chi connectivity index (χ1n) is 10.8. The normalized spacial score (nSPS) is 15.2. The van der Waals surface area contributed by atoms with Crippen LogP contribution in [0.1, 0.15) is 55.2 Å². The van der Waals surface area contributed by atoms with Gasteiger partial charge in [0.15, 0.2) is 11.5 Å². The Morgan fingerprint density at radius 3 is 2.33 bits per heavy atom. The third-order valence-electron chi connectivity index (χ3n) is 5.82. The number of carbonyl (C=O) groups is 3. The number of carbonyl (C=O) groups excluding carboxylic acids is 3. The van der Waals surface area contributed by atoms with Gasteiger partial charge in [-0.25, -0.2) is 0 Å². The highest BCUT2D eigenvalue weighted by atomic mass is 16.6. The molecule has 3 amide bonds. The van der Waals surface area contributed by atoms with E-state index in [4.69, 9.17) is 9.47 Å². The van der Waals surface area contributed by atoms with E-state index in [9.17, 15) is 14.4 Å². The van der Waals surface area contributed by atoms with Crippen LogP contribution in [0.25, 0.3) is 0 Å². The van der Waals surface area contributed by atoms with E-state index in [-0.39, 0.29) is 30.3 Å². The fourth-order valence-electron chi connectivity index (χ4n) is 4.07. The predicted molar refractivity (Wildman–Crippen MR) is 120 cm³/mol. The fraction of sp³-hybridized carbons (Fsp3) is 0.192. The van der Waals surface area contributed by atoms with E-state index < -0.39 is 0 Å². The van der Waals surface area contributed by atoms with Gasteiger partial charge in [-0.2, -0.15) is 0 Å². The van der Waals surface area contributed by atoms with Crippen LogP contribution in [0.2, 0.25) is 0 Å². The maximum atomic E-state index is 12.9. The van der Waals surface area contributed by atoms with Gasteiger partial charge in [0.1, 0.15) is 13.2 Å². The third kappa shape index (κ3) is 3.93. The van der Waals surface area contributed by atoms with Gasteiger partial charge in [-0.3, -0.25) is 19.3 Å². The smallest absolute Gasteiger partial charge is 0.261 e. The lowest BCUT2D eigenvalue weighted by Gasteiger charge is -2.21. The molecular formula is C26H22N2O5. The van der Waals surface area contributed by atoms with Crippen molar-refractivity contribution in [1.82, 2.24) is 10.2 Å². The second-order valence-corrected chi connectivity index (χ2v) is 8.04. The molecule has 2 heterocycles. The number of ether oxygens (including phenoxy) is 2. The average molecular weight is 442 g/mol. The summed E-state index contributed by atoms with van der Waals surface area (Å²) in [6, 6.07) is 19.1. The molecule has 0 aliphatic carbocycles. The molecule has 0 bridgehead atoms. The van der Waals surface area contributed by atoms with Gasteiger partial charge in [-0.15, -0.1) is 0 Å². The first kappa shape index (κ1) is 20.8. The van der Waals surface area contributed by atoms with Crippen molar-refractivity contribution in [2.24, 2.45) is 0 Å². The SMILES string of the molecule is C[C@@H](NC(=O)c1cccc(CN2C(=O)c3ccccc3C2=O)c1)c1ccc2c(c1)OCCO2. The van der Waals surface area contributed by atoms with Crippen LogP contribution in [0.4, 0.5) is 0 Å². The molecule has 1 atom stereocenters. The third-order valence-corrected chi connectivity index (χ3v) is 5.82. The quantitative estimate of drug-likeness (QED) is 0.609. The number of fused-ring (bicyclic) bond motifs is 2. The molecule has 0 aromatic heterocycles. The van der Waals surface area contributed by atoms with E-state index in [1.54, 1.807) is 48.5 Å². The minimum Gasteiger partial charge on any atom is -0.486 e. The number of amides is 3. The number of nitrogens with zero attached hydrogens (tertiary/aromatic N) is 1. The summed E-state index contributed by atoms with van der Waals surface area (Å²) >= 11 is 0. The van der Waals surface area contributed by atoms with Crippen LogP contribution in [0.15, 0.2) is 66.7 Å². The minimum atomic E-state index is -0.322. The first-order chi connectivity index (χ1) is 16.0. The fourth-order valence-corrected chi connectivity index (χ4v) is 4.07. The topological polar surface area (TPSA) is 84.9 Å². The zero-order valence-corrected chi connectivity index (χ0v) is 18.0. The molecule has 2 aliphatic heterocycles. The van der Waals surface area contributed by atoms with E-state index in [0.717, 1.165) is 5.56 Å². The lowest BCUT2D eigenvalue weighted by molar-refractivity contribution is 0.0642. The van der Waals surface area contributed by atoms with E-state index in [1.165, 1.54) is 4.90 Å². The molecule has 0 radical (unpaired) electrons. The van der Waals surface area contributed by atoms with Gasteiger partial charge in [0.25, 0.3) is 17.7 Å². The van der Waals surface area contributed by atoms with Crippen molar-refractivity contribution in [2.45, 2.75) is 19.5 Å². The van der Waals surface area contributed by atoms with Gasteiger partial charge in [0.2, 0.25) is 0 Å². The number of rotatable bonds is 5. The maximum absolute atomic E-state index is 12.9. The largest absolute Gasteiger partial charge is 0.486 e. The highest BCUT2D eigenvalue weighted by Gasteiger charge is 2.35. The highest BCUT2D eigenvalue weighted by Crippen LogP contribution is 2.32. The Morgan fingerprint density at radius 2 is 1.61 bits per heavy atom. The van der Waals surface area contributed by atoms with E-state index >= 15 is 0 Å². The van der Waals surface area contributed by atoms with Crippen molar-refractivity contribution in [2.75, 3.05) is 13.2 Å². The van der Waals surface area contributed by atoms with Crippen LogP contribution in [-0.2, 0) is 6.54 Å². The molecular weight excluding hydrogens is 420 g/mol. The van der Waals surface area contributed by atoms with Gasteiger partial charge in [0, 0.05) is 5.56 Å². The van der Waals surface area contributed by atoms with Crippen LogP contribution >= 0.6 is 0 Å². The summed E-state index contributed by atoms with van der Waals surface area (Å²) in [7, 11) is 0. The molecule has 0 fully saturated rings. The molecule has 1 N–H and O–H groups in total. The summed E-state index contributed by atoms with van der Waals surface area (Å²) in [5.41, 5.74) is 2.86. The molecule has 0 saturated carbocycles. The molecule has 7 nitrogen and oxygen atoms in total. The lowest BCUT2D eigenvalue weighted by Crippen LogP contribution is -2.29. The van der Waals surface area contributed by atoms with Crippen molar-refractivity contribution in [3.8, 4) is 11.5 Å². The molecule has 7 heteroatoms. The van der Waals surface area contributed by atoms with Gasteiger partial charge >= 0.3 is 0 Å². The molecule has 5 rings (SSSR count). The Labute approximate surface area is 190 Å². The number of imide groups is 1. The molecule has 0 spiro atoms. The summed E-state index contributed by atoms with van der Waals surface area (Å²) in [6.07, 6.45) is 0. The Hall–Kier alpha value is -4.13. The van der Waals surface area contributed by atoms with Crippen molar-refractivity contribution < 1.29 is 23.9 Å². The molecule has 3 aromatic rings. The second-order valence-electron chi connectivity index (χ2n) is 8.04. The zero-order chi connectivity index (χ0) is 22.9. The Bertz CT molecular complexity index is 1230. The Balaban J connectivity index is 1.29. The molecule has 166 valence electrons. The van der Waals surface area contributed by atoms with Crippen molar-refractivity contribution in [3.63, 3.8) is 0 Å². The average Bonchev–Trinajstić information content (AvgIpc) is 3.09. The second kappa shape index (κ2) is 8.43. The molecule has 0 saturated heterocycles. The number of hydrogen-bond donors (Lipinski definition) is 1. The van der Waals surface area contributed by atoms with E-state index in [1.807, 2.05) is 25.1 Å².